The van der Waals surface area contributed by atoms with E-state index in [2.05, 4.69) is 34.7 Å². The number of nitrogens with one attached hydrogen (secondary N) is 2. The van der Waals surface area contributed by atoms with Crippen LogP contribution in [0.3, 0.4) is 0 Å². The van der Waals surface area contributed by atoms with Gasteiger partial charge in [0, 0.05) is 12.7 Å². The molecule has 0 aliphatic heterocycles. The largest absolute Gasteiger partial charge is 0.361 e. The molecular formula is C16H26N4S. The van der Waals surface area contributed by atoms with E-state index in [9.17, 15) is 0 Å². The molecule has 1 heterocycles. The molecule has 0 amide bonds. The molecule has 0 aliphatic carbocycles. The third kappa shape index (κ3) is 7.75. The molecule has 21 heavy (non-hydrogen) atoms. The summed E-state index contributed by atoms with van der Waals surface area (Å²) in [5.41, 5.74) is 4.54. The summed E-state index contributed by atoms with van der Waals surface area (Å²) in [6.45, 7) is 7.26. The Balaban J connectivity index is 2.27. The van der Waals surface area contributed by atoms with Gasteiger partial charge >= 0.3 is 0 Å². The Morgan fingerprint density at radius 1 is 1.38 bits per heavy atom. The van der Waals surface area contributed by atoms with Crippen LogP contribution in [0, 0.1) is 5.92 Å². The van der Waals surface area contributed by atoms with E-state index in [1.165, 1.54) is 25.7 Å². The molecule has 1 rings (SSSR count). The Morgan fingerprint density at radius 3 is 2.86 bits per heavy atom. The van der Waals surface area contributed by atoms with Crippen molar-refractivity contribution in [3.63, 3.8) is 0 Å². The van der Waals surface area contributed by atoms with Crippen molar-refractivity contribution in [2.24, 2.45) is 11.0 Å². The summed E-state index contributed by atoms with van der Waals surface area (Å²) in [6, 6.07) is 5.75. The van der Waals surface area contributed by atoms with E-state index in [0.29, 0.717) is 11.0 Å². The van der Waals surface area contributed by atoms with Crippen LogP contribution < -0.4 is 10.7 Å². The highest BCUT2D eigenvalue weighted by Gasteiger charge is 2.03. The summed E-state index contributed by atoms with van der Waals surface area (Å²) >= 11 is 5.23. The zero-order valence-corrected chi connectivity index (χ0v) is 14.0. The SMILES string of the molecule is CCCCC[C@@H](C)CNC(=S)N/N=C(/C)c1ccccn1. The molecule has 0 bridgehead atoms. The minimum absolute atomic E-state index is 0.563. The molecule has 1 aromatic rings. The first-order chi connectivity index (χ1) is 10.1. The normalized spacial score (nSPS) is 12.8. The Hall–Kier alpha value is -1.49. The maximum Gasteiger partial charge on any atom is 0.186 e. The zero-order chi connectivity index (χ0) is 15.5. The highest BCUT2D eigenvalue weighted by atomic mass is 32.1. The molecule has 0 aromatic carbocycles. The molecule has 4 nitrogen and oxygen atoms in total. The van der Waals surface area contributed by atoms with Gasteiger partial charge < -0.3 is 5.32 Å². The lowest BCUT2D eigenvalue weighted by molar-refractivity contribution is 0.487. The number of hydrazone groups is 1. The van der Waals surface area contributed by atoms with Crippen molar-refractivity contribution in [2.45, 2.75) is 46.5 Å². The van der Waals surface area contributed by atoms with Crippen LogP contribution in [0.4, 0.5) is 0 Å². The molecule has 116 valence electrons. The monoisotopic (exact) mass is 306 g/mol. The van der Waals surface area contributed by atoms with Gasteiger partial charge in [0.1, 0.15) is 0 Å². The summed E-state index contributed by atoms with van der Waals surface area (Å²) in [5, 5.41) is 8.02. The number of hydrogen-bond acceptors (Lipinski definition) is 3. The van der Waals surface area contributed by atoms with Crippen LogP contribution in [-0.4, -0.2) is 22.4 Å². The lowest BCUT2D eigenvalue weighted by Crippen LogP contribution is -2.35. The molecule has 0 unspecified atom stereocenters. The van der Waals surface area contributed by atoms with E-state index in [1.54, 1.807) is 6.20 Å². The molecule has 0 aliphatic rings. The Bertz CT molecular complexity index is 445. The molecule has 0 saturated carbocycles. The number of pyridine rings is 1. The number of thiocarbonyl (C=S) groups is 1. The van der Waals surface area contributed by atoms with E-state index < -0.39 is 0 Å². The smallest absolute Gasteiger partial charge is 0.186 e. The van der Waals surface area contributed by atoms with E-state index in [4.69, 9.17) is 12.2 Å². The molecule has 1 atom stereocenters. The third-order valence-electron chi connectivity index (χ3n) is 3.27. The lowest BCUT2D eigenvalue weighted by atomic mass is 10.0. The predicted molar refractivity (Wildman–Crippen MR) is 93.5 cm³/mol. The van der Waals surface area contributed by atoms with Crippen LogP contribution in [-0.2, 0) is 0 Å². The van der Waals surface area contributed by atoms with E-state index in [1.807, 2.05) is 25.1 Å². The maximum atomic E-state index is 5.23. The molecule has 1 aromatic heterocycles. The number of nitrogens with zero attached hydrogens (tertiary/aromatic N) is 2. The van der Waals surface area contributed by atoms with E-state index >= 15 is 0 Å². The van der Waals surface area contributed by atoms with E-state index in [0.717, 1.165) is 18.0 Å². The summed E-state index contributed by atoms with van der Waals surface area (Å²) in [7, 11) is 0. The van der Waals surface area contributed by atoms with Crippen LogP contribution in [0.25, 0.3) is 0 Å². The summed E-state index contributed by atoms with van der Waals surface area (Å²) in [5.74, 6) is 0.622. The Labute approximate surface area is 133 Å². The fraction of sp³-hybridized carbons (Fsp3) is 0.562. The lowest BCUT2D eigenvalue weighted by Gasteiger charge is -2.13. The summed E-state index contributed by atoms with van der Waals surface area (Å²) in [6.07, 6.45) is 6.85. The molecule has 0 saturated heterocycles. The fourth-order valence-electron chi connectivity index (χ4n) is 1.92. The second kappa shape index (κ2) is 10.3. The highest BCUT2D eigenvalue weighted by Crippen LogP contribution is 2.07. The molecular weight excluding hydrogens is 280 g/mol. The minimum Gasteiger partial charge on any atom is -0.361 e. The first-order valence-corrected chi connectivity index (χ1v) is 8.03. The van der Waals surface area contributed by atoms with Gasteiger partial charge in [-0.3, -0.25) is 10.4 Å². The van der Waals surface area contributed by atoms with Crippen LogP contribution >= 0.6 is 12.2 Å². The summed E-state index contributed by atoms with van der Waals surface area (Å²) in [4.78, 5) is 4.24. The first-order valence-electron chi connectivity index (χ1n) is 7.63. The van der Waals surface area contributed by atoms with Crippen molar-refractivity contribution in [1.29, 1.82) is 0 Å². The van der Waals surface area contributed by atoms with Gasteiger partial charge in [0.2, 0.25) is 0 Å². The van der Waals surface area contributed by atoms with Crippen LogP contribution in [0.2, 0.25) is 0 Å². The van der Waals surface area contributed by atoms with Crippen molar-refractivity contribution >= 4 is 23.0 Å². The average Bonchev–Trinajstić information content (AvgIpc) is 2.51. The average molecular weight is 306 g/mol. The van der Waals surface area contributed by atoms with Gasteiger partial charge in [-0.1, -0.05) is 39.2 Å². The van der Waals surface area contributed by atoms with E-state index in [-0.39, 0.29) is 0 Å². The number of rotatable bonds is 8. The van der Waals surface area contributed by atoms with Gasteiger partial charge in [-0.2, -0.15) is 5.10 Å². The standard InChI is InChI=1S/C16H26N4S/c1-4-5-6-9-13(2)12-18-16(21)20-19-14(3)15-10-7-8-11-17-15/h7-8,10-11,13H,4-6,9,12H2,1-3H3,(H2,18,20,21)/b19-14-/t13-/m1/s1. The van der Waals surface area contributed by atoms with Crippen molar-refractivity contribution in [2.75, 3.05) is 6.54 Å². The van der Waals surface area contributed by atoms with Crippen LogP contribution in [0.15, 0.2) is 29.5 Å². The van der Waals surface area contributed by atoms with Crippen molar-refractivity contribution in [3.05, 3.63) is 30.1 Å². The second-order valence-electron chi connectivity index (χ2n) is 5.33. The van der Waals surface area contributed by atoms with Gasteiger partial charge in [-0.05, 0) is 43.6 Å². The summed E-state index contributed by atoms with van der Waals surface area (Å²) < 4.78 is 0. The maximum absolute atomic E-state index is 5.23. The van der Waals surface area contributed by atoms with Crippen molar-refractivity contribution < 1.29 is 0 Å². The predicted octanol–water partition coefficient (Wildman–Crippen LogP) is 3.49. The third-order valence-corrected chi connectivity index (χ3v) is 3.51. The fourth-order valence-corrected chi connectivity index (χ4v) is 2.05. The quantitative estimate of drug-likeness (QED) is 0.334. The van der Waals surface area contributed by atoms with Gasteiger partial charge in [0.15, 0.2) is 5.11 Å². The second-order valence-corrected chi connectivity index (χ2v) is 5.74. The Morgan fingerprint density at radius 2 is 2.19 bits per heavy atom. The van der Waals surface area contributed by atoms with Gasteiger partial charge in [0.05, 0.1) is 11.4 Å². The molecule has 0 radical (unpaired) electrons. The Kier molecular flexibility index (Phi) is 8.59. The molecule has 2 N–H and O–H groups in total. The van der Waals surface area contributed by atoms with Crippen molar-refractivity contribution in [1.82, 2.24) is 15.7 Å². The topological polar surface area (TPSA) is 49.3 Å². The zero-order valence-electron chi connectivity index (χ0n) is 13.2. The highest BCUT2D eigenvalue weighted by molar-refractivity contribution is 7.80. The molecule has 0 fully saturated rings. The van der Waals surface area contributed by atoms with Crippen molar-refractivity contribution in [3.8, 4) is 0 Å². The van der Waals surface area contributed by atoms with Crippen LogP contribution in [0.1, 0.15) is 52.1 Å². The van der Waals surface area contributed by atoms with Gasteiger partial charge in [0.25, 0.3) is 0 Å². The first kappa shape index (κ1) is 17.6. The molecule has 0 spiro atoms. The minimum atomic E-state index is 0.563. The number of unbranched alkanes of at least 4 members (excludes halogenated alkanes) is 2. The number of hydrogen-bond donors (Lipinski definition) is 2. The molecule has 5 heteroatoms. The van der Waals surface area contributed by atoms with Gasteiger partial charge in [-0.25, -0.2) is 0 Å². The van der Waals surface area contributed by atoms with Gasteiger partial charge in [-0.15, -0.1) is 0 Å². The number of aromatic nitrogens is 1. The van der Waals surface area contributed by atoms with Crippen LogP contribution in [0.5, 0.6) is 0 Å².